The van der Waals surface area contributed by atoms with E-state index in [0.29, 0.717) is 16.6 Å². The van der Waals surface area contributed by atoms with Crippen molar-refractivity contribution >= 4 is 22.6 Å². The molecule has 3 rings (SSSR count). The van der Waals surface area contributed by atoms with Gasteiger partial charge >= 0.3 is 5.63 Å². The summed E-state index contributed by atoms with van der Waals surface area (Å²) in [7, 11) is 0. The molecular weight excluding hydrogens is 286 g/mol. The van der Waals surface area contributed by atoms with E-state index in [1.165, 1.54) is 19.3 Å². The van der Waals surface area contributed by atoms with Crippen LogP contribution in [0.2, 0.25) is 5.02 Å². The standard InChI is InChI=1S/C17H20ClNO2/c1-11-7-16-14(9-15(11)18)13(8-17(20)21-16)10-19-6-4-3-5-12(19)2/h7-9,12H,3-6,10H2,1-2H3/t12-/m0/s1. The largest absolute Gasteiger partial charge is 0.423 e. The van der Waals surface area contributed by atoms with E-state index < -0.39 is 0 Å². The Bertz CT molecular complexity index is 723. The molecule has 0 unspecified atom stereocenters. The maximum absolute atomic E-state index is 11.8. The smallest absolute Gasteiger partial charge is 0.336 e. The van der Waals surface area contributed by atoms with Crippen LogP contribution in [-0.2, 0) is 6.54 Å². The average Bonchev–Trinajstić information content (AvgIpc) is 2.43. The number of fused-ring (bicyclic) bond motifs is 1. The van der Waals surface area contributed by atoms with Gasteiger partial charge in [-0.3, -0.25) is 4.90 Å². The van der Waals surface area contributed by atoms with Crippen LogP contribution < -0.4 is 5.63 Å². The lowest BCUT2D eigenvalue weighted by Gasteiger charge is -2.33. The van der Waals surface area contributed by atoms with Crippen molar-refractivity contribution in [1.82, 2.24) is 4.90 Å². The number of halogens is 1. The molecule has 1 aromatic carbocycles. The van der Waals surface area contributed by atoms with E-state index in [0.717, 1.165) is 29.6 Å². The second-order valence-corrected chi connectivity index (χ2v) is 6.41. The fourth-order valence-corrected chi connectivity index (χ4v) is 3.25. The van der Waals surface area contributed by atoms with Crippen LogP contribution in [-0.4, -0.2) is 17.5 Å². The van der Waals surface area contributed by atoms with Crippen molar-refractivity contribution in [3.63, 3.8) is 0 Å². The maximum Gasteiger partial charge on any atom is 0.336 e. The zero-order chi connectivity index (χ0) is 15.0. The number of hydrogen-bond donors (Lipinski definition) is 0. The quantitative estimate of drug-likeness (QED) is 0.782. The van der Waals surface area contributed by atoms with Crippen molar-refractivity contribution in [2.45, 2.75) is 45.7 Å². The number of hydrogen-bond acceptors (Lipinski definition) is 3. The molecule has 1 aromatic heterocycles. The molecule has 0 spiro atoms. The summed E-state index contributed by atoms with van der Waals surface area (Å²) in [6.07, 6.45) is 3.74. The highest BCUT2D eigenvalue weighted by Gasteiger charge is 2.20. The van der Waals surface area contributed by atoms with Crippen molar-refractivity contribution in [1.29, 1.82) is 0 Å². The molecule has 112 valence electrons. The Hall–Kier alpha value is -1.32. The number of likely N-dealkylation sites (tertiary alicyclic amines) is 1. The van der Waals surface area contributed by atoms with Crippen LogP contribution >= 0.6 is 11.6 Å². The highest BCUT2D eigenvalue weighted by atomic mass is 35.5. The van der Waals surface area contributed by atoms with Crippen LogP contribution in [0.15, 0.2) is 27.4 Å². The van der Waals surface area contributed by atoms with E-state index in [1.54, 1.807) is 6.07 Å². The van der Waals surface area contributed by atoms with Gasteiger partial charge in [0.2, 0.25) is 0 Å². The van der Waals surface area contributed by atoms with Crippen LogP contribution in [0.25, 0.3) is 11.0 Å². The van der Waals surface area contributed by atoms with Crippen molar-refractivity contribution in [3.8, 4) is 0 Å². The Labute approximate surface area is 129 Å². The van der Waals surface area contributed by atoms with E-state index >= 15 is 0 Å². The number of benzene rings is 1. The molecule has 0 aliphatic carbocycles. The van der Waals surface area contributed by atoms with Crippen molar-refractivity contribution in [3.05, 3.63) is 44.8 Å². The van der Waals surface area contributed by atoms with Crippen molar-refractivity contribution in [2.24, 2.45) is 0 Å². The first kappa shape index (κ1) is 14.6. The predicted molar refractivity (Wildman–Crippen MR) is 86.0 cm³/mol. The molecule has 1 atom stereocenters. The third-order valence-electron chi connectivity index (χ3n) is 4.42. The second-order valence-electron chi connectivity index (χ2n) is 6.00. The third kappa shape index (κ3) is 2.99. The summed E-state index contributed by atoms with van der Waals surface area (Å²) >= 11 is 6.24. The van der Waals surface area contributed by atoms with Gasteiger partial charge in [0.25, 0.3) is 0 Å². The number of aryl methyl sites for hydroxylation is 1. The van der Waals surface area contributed by atoms with Crippen LogP contribution in [0.5, 0.6) is 0 Å². The van der Waals surface area contributed by atoms with E-state index in [2.05, 4.69) is 11.8 Å². The van der Waals surface area contributed by atoms with Crippen molar-refractivity contribution < 1.29 is 4.42 Å². The minimum Gasteiger partial charge on any atom is -0.423 e. The lowest BCUT2D eigenvalue weighted by atomic mass is 10.0. The summed E-state index contributed by atoms with van der Waals surface area (Å²) in [5.41, 5.74) is 2.28. The molecule has 1 fully saturated rings. The summed E-state index contributed by atoms with van der Waals surface area (Å²) in [6.45, 7) is 6.04. The molecule has 2 aromatic rings. The Morgan fingerprint density at radius 2 is 2.14 bits per heavy atom. The monoisotopic (exact) mass is 305 g/mol. The second kappa shape index (κ2) is 5.82. The first-order valence-corrected chi connectivity index (χ1v) is 7.89. The van der Waals surface area contributed by atoms with Gasteiger partial charge in [0.1, 0.15) is 5.58 Å². The van der Waals surface area contributed by atoms with Crippen LogP contribution in [0.4, 0.5) is 0 Å². The maximum atomic E-state index is 11.8. The van der Waals surface area contributed by atoms with Crippen LogP contribution in [0.3, 0.4) is 0 Å². The lowest BCUT2D eigenvalue weighted by molar-refractivity contribution is 0.153. The fraction of sp³-hybridized carbons (Fsp3) is 0.471. The summed E-state index contributed by atoms with van der Waals surface area (Å²) in [5.74, 6) is 0. The van der Waals surface area contributed by atoms with Gasteiger partial charge in [-0.1, -0.05) is 18.0 Å². The highest BCUT2D eigenvalue weighted by Crippen LogP contribution is 2.27. The summed E-state index contributed by atoms with van der Waals surface area (Å²) in [5, 5.41) is 1.66. The Morgan fingerprint density at radius 1 is 1.33 bits per heavy atom. The Balaban J connectivity index is 2.04. The molecule has 4 heteroatoms. The molecule has 0 saturated carbocycles. The molecule has 21 heavy (non-hydrogen) atoms. The van der Waals surface area contributed by atoms with Gasteiger partial charge in [0.15, 0.2) is 0 Å². The van der Waals surface area contributed by atoms with Gasteiger partial charge in [0, 0.05) is 29.1 Å². The van der Waals surface area contributed by atoms with Gasteiger partial charge in [-0.25, -0.2) is 4.79 Å². The highest BCUT2D eigenvalue weighted by molar-refractivity contribution is 6.32. The normalized spacial score (nSPS) is 20.0. The molecule has 0 amide bonds. The molecule has 3 nitrogen and oxygen atoms in total. The van der Waals surface area contributed by atoms with Gasteiger partial charge in [-0.2, -0.15) is 0 Å². The summed E-state index contributed by atoms with van der Waals surface area (Å²) in [6, 6.07) is 5.93. The topological polar surface area (TPSA) is 33.5 Å². The van der Waals surface area contributed by atoms with E-state index in [9.17, 15) is 4.79 Å². The minimum absolute atomic E-state index is 0.288. The first-order chi connectivity index (χ1) is 10.0. The predicted octanol–water partition coefficient (Wildman–Crippen LogP) is 4.13. The van der Waals surface area contributed by atoms with Gasteiger partial charge in [-0.15, -0.1) is 0 Å². The average molecular weight is 306 g/mol. The number of nitrogens with zero attached hydrogens (tertiary/aromatic N) is 1. The van der Waals surface area contributed by atoms with E-state index in [1.807, 2.05) is 19.1 Å². The Kier molecular flexibility index (Phi) is 4.05. The summed E-state index contributed by atoms with van der Waals surface area (Å²) < 4.78 is 5.32. The molecule has 0 radical (unpaired) electrons. The molecular formula is C17H20ClNO2. The summed E-state index contributed by atoms with van der Waals surface area (Å²) in [4.78, 5) is 14.2. The van der Waals surface area contributed by atoms with E-state index in [4.69, 9.17) is 16.0 Å². The molecule has 1 aliphatic heterocycles. The molecule has 1 saturated heterocycles. The van der Waals surface area contributed by atoms with E-state index in [-0.39, 0.29) is 5.63 Å². The van der Waals surface area contributed by atoms with Crippen molar-refractivity contribution in [2.75, 3.05) is 6.54 Å². The lowest BCUT2D eigenvalue weighted by Crippen LogP contribution is -2.36. The fourth-order valence-electron chi connectivity index (χ4n) is 3.09. The van der Waals surface area contributed by atoms with Gasteiger partial charge in [-0.05, 0) is 56.5 Å². The van der Waals surface area contributed by atoms with Crippen LogP contribution in [0, 0.1) is 6.92 Å². The zero-order valence-electron chi connectivity index (χ0n) is 12.5. The molecule has 1 aliphatic rings. The SMILES string of the molecule is Cc1cc2oc(=O)cc(CN3CCCC[C@@H]3C)c2cc1Cl. The third-order valence-corrected chi connectivity index (χ3v) is 4.83. The molecule has 0 bridgehead atoms. The van der Waals surface area contributed by atoms with Gasteiger partial charge in [0.05, 0.1) is 0 Å². The Morgan fingerprint density at radius 3 is 2.90 bits per heavy atom. The minimum atomic E-state index is -0.288. The number of piperidine rings is 1. The molecule has 0 N–H and O–H groups in total. The number of rotatable bonds is 2. The molecule has 2 heterocycles. The van der Waals surface area contributed by atoms with Gasteiger partial charge < -0.3 is 4.42 Å². The first-order valence-electron chi connectivity index (χ1n) is 7.51. The zero-order valence-corrected chi connectivity index (χ0v) is 13.2. The van der Waals surface area contributed by atoms with Crippen LogP contribution in [0.1, 0.15) is 37.3 Å².